The maximum atomic E-state index is 13.0. The van der Waals surface area contributed by atoms with E-state index in [-0.39, 0.29) is 35.2 Å². The van der Waals surface area contributed by atoms with Crippen molar-refractivity contribution in [2.45, 2.75) is 25.1 Å². The zero-order valence-corrected chi connectivity index (χ0v) is 20.4. The van der Waals surface area contributed by atoms with Gasteiger partial charge in [0.15, 0.2) is 15.0 Å². The first-order valence-corrected chi connectivity index (χ1v) is 13.2. The number of aliphatic imine (C=N–C) groups is 1. The lowest BCUT2D eigenvalue weighted by molar-refractivity contribution is -0.114. The maximum Gasteiger partial charge on any atom is 0.244 e. The lowest BCUT2D eigenvalue weighted by Crippen LogP contribution is -2.36. The number of benzene rings is 2. The number of carbonyl (C=O) groups is 1. The van der Waals surface area contributed by atoms with Gasteiger partial charge in [0.25, 0.3) is 0 Å². The third-order valence-corrected chi connectivity index (χ3v) is 9.06. The number of methoxy groups -OCH3 is 1. The van der Waals surface area contributed by atoms with Gasteiger partial charge in [-0.15, -0.1) is 0 Å². The number of fused-ring (bicyclic) bond motifs is 1. The molecule has 0 aromatic heterocycles. The first-order valence-electron chi connectivity index (χ1n) is 10.1. The van der Waals surface area contributed by atoms with Crippen molar-refractivity contribution in [1.29, 1.82) is 0 Å². The van der Waals surface area contributed by atoms with Crippen molar-refractivity contribution in [3.8, 4) is 5.75 Å². The molecule has 4 rings (SSSR count). The summed E-state index contributed by atoms with van der Waals surface area (Å²) < 4.78 is 29.2. The van der Waals surface area contributed by atoms with Crippen molar-refractivity contribution in [3.63, 3.8) is 0 Å². The molecule has 170 valence electrons. The number of amides is 1. The van der Waals surface area contributed by atoms with Crippen molar-refractivity contribution in [2.75, 3.05) is 35.4 Å². The third kappa shape index (κ3) is 4.89. The van der Waals surface area contributed by atoms with Crippen molar-refractivity contribution < 1.29 is 17.9 Å². The number of rotatable bonds is 5. The molecule has 2 aromatic rings. The summed E-state index contributed by atoms with van der Waals surface area (Å²) in [6.07, 6.45) is 0. The Morgan fingerprint density at radius 2 is 2.00 bits per heavy atom. The zero-order chi connectivity index (χ0) is 23.0. The van der Waals surface area contributed by atoms with E-state index in [2.05, 4.69) is 10.3 Å². The number of amidine groups is 1. The number of anilines is 2. The van der Waals surface area contributed by atoms with Crippen LogP contribution in [0, 0.1) is 13.8 Å². The topological polar surface area (TPSA) is 88.1 Å². The van der Waals surface area contributed by atoms with Gasteiger partial charge in [0.2, 0.25) is 5.91 Å². The highest BCUT2D eigenvalue weighted by molar-refractivity contribution is 8.15. The Bertz CT molecular complexity index is 1200. The van der Waals surface area contributed by atoms with Gasteiger partial charge >= 0.3 is 0 Å². The van der Waals surface area contributed by atoms with Crippen LogP contribution in [0.25, 0.3) is 0 Å². The fourth-order valence-corrected chi connectivity index (χ4v) is 7.70. The van der Waals surface area contributed by atoms with Gasteiger partial charge in [-0.1, -0.05) is 29.4 Å². The molecule has 1 N–H and O–H groups in total. The largest absolute Gasteiger partial charge is 0.495 e. The van der Waals surface area contributed by atoms with Crippen LogP contribution in [0.5, 0.6) is 5.75 Å². The van der Waals surface area contributed by atoms with E-state index in [0.29, 0.717) is 21.6 Å². The zero-order valence-electron chi connectivity index (χ0n) is 18.0. The minimum atomic E-state index is -3.06. The molecule has 0 saturated carbocycles. The van der Waals surface area contributed by atoms with Gasteiger partial charge < -0.3 is 15.0 Å². The average molecular weight is 494 g/mol. The number of carbonyl (C=O) groups excluding carboxylic acids is 1. The summed E-state index contributed by atoms with van der Waals surface area (Å²) in [6, 6.07) is 10.7. The fraction of sp³-hybridized carbons (Fsp3) is 0.364. The van der Waals surface area contributed by atoms with Crippen LogP contribution >= 0.6 is 23.4 Å². The van der Waals surface area contributed by atoms with Crippen LogP contribution in [0.15, 0.2) is 41.4 Å². The molecular weight excluding hydrogens is 470 g/mol. The summed E-state index contributed by atoms with van der Waals surface area (Å²) in [5.74, 6) is 0.410. The van der Waals surface area contributed by atoms with Gasteiger partial charge in [-0.05, 0) is 55.3 Å². The van der Waals surface area contributed by atoms with Gasteiger partial charge in [0, 0.05) is 16.0 Å². The highest BCUT2D eigenvalue weighted by Crippen LogP contribution is 2.37. The predicted octanol–water partition coefficient (Wildman–Crippen LogP) is 3.68. The number of ether oxygens (including phenoxy) is 1. The summed E-state index contributed by atoms with van der Waals surface area (Å²) in [6.45, 7) is 4.05. The Hall–Kier alpha value is -2.23. The summed E-state index contributed by atoms with van der Waals surface area (Å²) in [5.41, 5.74) is 3.55. The van der Waals surface area contributed by atoms with Crippen LogP contribution in [0.4, 0.5) is 11.4 Å². The summed E-state index contributed by atoms with van der Waals surface area (Å²) in [4.78, 5) is 19.5. The van der Waals surface area contributed by atoms with E-state index in [0.717, 1.165) is 16.8 Å². The van der Waals surface area contributed by atoms with Crippen molar-refractivity contribution in [2.24, 2.45) is 4.99 Å². The van der Waals surface area contributed by atoms with E-state index in [4.69, 9.17) is 16.3 Å². The lowest BCUT2D eigenvalue weighted by Gasteiger charge is -2.25. The van der Waals surface area contributed by atoms with Crippen LogP contribution < -0.4 is 15.0 Å². The SMILES string of the molecule is COc1ccc(Cl)cc1NC(=O)CN(C1=N[C@@H]2CS(=O)(=O)C[C@@H]2S1)c1ccc(C)c(C)c1. The Morgan fingerprint density at radius 3 is 2.69 bits per heavy atom. The number of halogens is 1. The second kappa shape index (κ2) is 8.96. The average Bonchev–Trinajstić information content (AvgIpc) is 3.22. The number of nitrogens with one attached hydrogen (secondary N) is 1. The molecule has 2 aliphatic heterocycles. The molecule has 0 radical (unpaired) electrons. The Kier molecular flexibility index (Phi) is 6.42. The Balaban J connectivity index is 1.61. The van der Waals surface area contributed by atoms with Crippen molar-refractivity contribution in [3.05, 3.63) is 52.5 Å². The molecule has 2 aliphatic rings. The number of aryl methyl sites for hydroxylation is 2. The molecule has 0 aliphatic carbocycles. The second-order valence-electron chi connectivity index (χ2n) is 7.96. The summed E-state index contributed by atoms with van der Waals surface area (Å²) >= 11 is 7.51. The van der Waals surface area contributed by atoms with Gasteiger partial charge in [-0.25, -0.2) is 8.42 Å². The molecular formula is C22H24ClN3O4S2. The number of hydrogen-bond donors (Lipinski definition) is 1. The molecule has 32 heavy (non-hydrogen) atoms. The standard InChI is InChI=1S/C22H24ClN3O4S2/c1-13-4-6-16(8-14(13)2)26(22-25-18-11-32(28,29)12-20(18)31-22)10-21(27)24-17-9-15(23)5-7-19(17)30-3/h4-9,18,20H,10-12H2,1-3H3,(H,24,27)/t18-,20+/m1/s1. The Morgan fingerprint density at radius 1 is 1.22 bits per heavy atom. The predicted molar refractivity (Wildman–Crippen MR) is 131 cm³/mol. The van der Waals surface area contributed by atoms with Crippen LogP contribution in [0.3, 0.4) is 0 Å². The van der Waals surface area contributed by atoms with Crippen LogP contribution in [0.2, 0.25) is 5.02 Å². The maximum absolute atomic E-state index is 13.0. The van der Waals surface area contributed by atoms with E-state index in [1.54, 1.807) is 18.2 Å². The molecule has 0 spiro atoms. The van der Waals surface area contributed by atoms with E-state index in [1.165, 1.54) is 18.9 Å². The monoisotopic (exact) mass is 493 g/mol. The van der Waals surface area contributed by atoms with E-state index >= 15 is 0 Å². The van der Waals surface area contributed by atoms with Crippen molar-refractivity contribution in [1.82, 2.24) is 0 Å². The van der Waals surface area contributed by atoms with Gasteiger partial charge in [0.1, 0.15) is 12.3 Å². The second-order valence-corrected chi connectivity index (χ2v) is 11.8. The van der Waals surface area contributed by atoms with Gasteiger partial charge in [0.05, 0.1) is 30.3 Å². The number of nitrogens with zero attached hydrogens (tertiary/aromatic N) is 2. The first-order chi connectivity index (χ1) is 15.1. The number of thioether (sulfide) groups is 1. The molecule has 2 atom stereocenters. The quantitative estimate of drug-likeness (QED) is 0.683. The van der Waals surface area contributed by atoms with Crippen LogP contribution in [0.1, 0.15) is 11.1 Å². The normalized spacial score (nSPS) is 21.1. The lowest BCUT2D eigenvalue weighted by atomic mass is 10.1. The fourth-order valence-electron chi connectivity index (χ4n) is 3.74. The molecule has 1 amide bonds. The van der Waals surface area contributed by atoms with E-state index < -0.39 is 9.84 Å². The first kappa shape index (κ1) is 22.9. The smallest absolute Gasteiger partial charge is 0.244 e. The minimum absolute atomic E-state index is 0.0101. The molecule has 1 saturated heterocycles. The Labute approximate surface area is 197 Å². The van der Waals surface area contributed by atoms with E-state index in [1.807, 2.05) is 36.9 Å². The number of hydrogen-bond acceptors (Lipinski definition) is 7. The highest BCUT2D eigenvalue weighted by atomic mass is 35.5. The van der Waals surface area contributed by atoms with Crippen LogP contribution in [-0.4, -0.2) is 55.9 Å². The van der Waals surface area contributed by atoms with Gasteiger partial charge in [-0.2, -0.15) is 0 Å². The molecule has 2 aromatic carbocycles. The van der Waals surface area contributed by atoms with Crippen LogP contribution in [-0.2, 0) is 14.6 Å². The third-order valence-electron chi connectivity index (χ3n) is 5.58. The van der Waals surface area contributed by atoms with Gasteiger partial charge in [-0.3, -0.25) is 9.79 Å². The highest BCUT2D eigenvalue weighted by Gasteiger charge is 2.44. The minimum Gasteiger partial charge on any atom is -0.495 e. The molecule has 10 heteroatoms. The van der Waals surface area contributed by atoms with E-state index in [9.17, 15) is 13.2 Å². The molecule has 7 nitrogen and oxygen atoms in total. The molecule has 2 heterocycles. The summed E-state index contributed by atoms with van der Waals surface area (Å²) in [5, 5.41) is 3.90. The van der Waals surface area contributed by atoms with Crippen molar-refractivity contribution >= 4 is 55.6 Å². The summed E-state index contributed by atoms with van der Waals surface area (Å²) in [7, 11) is -1.53. The molecule has 0 bridgehead atoms. The molecule has 1 fully saturated rings. The molecule has 0 unspecified atom stereocenters. The number of sulfone groups is 1.